The second kappa shape index (κ2) is 61.4. The van der Waals surface area contributed by atoms with Gasteiger partial charge in [-0.05, 0) is 128 Å². The Hall–Kier alpha value is -4.19. The molecular weight excluding hydrogens is 913 g/mol. The Morgan fingerprint density at radius 1 is 0.284 bits per heavy atom. The third-order valence-electron chi connectivity index (χ3n) is 12.7. The lowest BCUT2D eigenvalue weighted by molar-refractivity contribution is -0.167. The average molecular weight is 1030 g/mol. The second-order valence-corrected chi connectivity index (χ2v) is 19.9. The first kappa shape index (κ1) is 69.8. The molecule has 1 unspecified atom stereocenters. The number of carbonyl (C=O) groups is 3. The Morgan fingerprint density at radius 3 is 0.865 bits per heavy atom. The molecule has 1 atom stereocenters. The van der Waals surface area contributed by atoms with Crippen LogP contribution in [-0.4, -0.2) is 37.2 Å². The fourth-order valence-corrected chi connectivity index (χ4v) is 8.08. The van der Waals surface area contributed by atoms with Gasteiger partial charge in [0.05, 0.1) is 0 Å². The maximum absolute atomic E-state index is 12.9. The summed E-state index contributed by atoms with van der Waals surface area (Å²) >= 11 is 0. The monoisotopic (exact) mass is 1020 g/mol. The van der Waals surface area contributed by atoms with E-state index in [0.717, 1.165) is 141 Å². The van der Waals surface area contributed by atoms with E-state index in [1.807, 2.05) is 0 Å². The molecule has 0 aliphatic heterocycles. The van der Waals surface area contributed by atoms with Crippen LogP contribution in [-0.2, 0) is 28.6 Å². The van der Waals surface area contributed by atoms with Gasteiger partial charge in [-0.3, -0.25) is 14.4 Å². The van der Waals surface area contributed by atoms with Crippen LogP contribution in [0, 0.1) is 0 Å². The number of rotatable bonds is 54. The van der Waals surface area contributed by atoms with Crippen LogP contribution in [0.5, 0.6) is 0 Å². The first-order chi connectivity index (χ1) is 36.5. The van der Waals surface area contributed by atoms with Crippen LogP contribution in [0.4, 0.5) is 0 Å². The number of carbonyl (C=O) groups excluding carboxylic acids is 3. The zero-order valence-electron chi connectivity index (χ0n) is 48.1. The molecule has 0 heterocycles. The van der Waals surface area contributed by atoms with Crippen LogP contribution in [0.3, 0.4) is 0 Å². The van der Waals surface area contributed by atoms with Crippen LogP contribution >= 0.6 is 0 Å². The molecule has 0 rings (SSSR count). The smallest absolute Gasteiger partial charge is 0.306 e. The summed E-state index contributed by atoms with van der Waals surface area (Å²) in [7, 11) is 0. The first-order valence-corrected chi connectivity index (χ1v) is 30.5. The van der Waals surface area contributed by atoms with Gasteiger partial charge in [0.25, 0.3) is 0 Å². The molecule has 0 aliphatic rings. The van der Waals surface area contributed by atoms with Gasteiger partial charge in [0.2, 0.25) is 0 Å². The van der Waals surface area contributed by atoms with E-state index < -0.39 is 6.10 Å². The van der Waals surface area contributed by atoms with Crippen molar-refractivity contribution in [3.63, 3.8) is 0 Å². The summed E-state index contributed by atoms with van der Waals surface area (Å²) in [4.78, 5) is 38.3. The highest BCUT2D eigenvalue weighted by atomic mass is 16.6. The average Bonchev–Trinajstić information content (AvgIpc) is 3.40. The highest BCUT2D eigenvalue weighted by Gasteiger charge is 2.19. The van der Waals surface area contributed by atoms with Crippen molar-refractivity contribution in [2.75, 3.05) is 13.2 Å². The van der Waals surface area contributed by atoms with E-state index in [0.29, 0.717) is 19.3 Å². The topological polar surface area (TPSA) is 78.9 Å². The van der Waals surface area contributed by atoms with Crippen LogP contribution in [0.2, 0.25) is 0 Å². The summed E-state index contributed by atoms with van der Waals surface area (Å²) in [5.74, 6) is -0.939. The summed E-state index contributed by atoms with van der Waals surface area (Å²) in [5, 5.41) is 0. The van der Waals surface area contributed by atoms with Gasteiger partial charge in [-0.25, -0.2) is 0 Å². The molecule has 0 fully saturated rings. The van der Waals surface area contributed by atoms with Crippen molar-refractivity contribution in [2.24, 2.45) is 0 Å². The summed E-state index contributed by atoms with van der Waals surface area (Å²) in [6.45, 7) is 6.43. The zero-order chi connectivity index (χ0) is 53.6. The lowest BCUT2D eigenvalue weighted by Gasteiger charge is -2.18. The maximum Gasteiger partial charge on any atom is 0.306 e. The number of unbranched alkanes of at least 4 members (excludes halogenated alkanes) is 23. The predicted octanol–water partition coefficient (Wildman–Crippen LogP) is 20.8. The van der Waals surface area contributed by atoms with Crippen LogP contribution in [0.25, 0.3) is 0 Å². The van der Waals surface area contributed by atoms with Gasteiger partial charge in [-0.1, -0.05) is 245 Å². The van der Waals surface area contributed by atoms with Crippen molar-refractivity contribution in [3.05, 3.63) is 122 Å². The van der Waals surface area contributed by atoms with Crippen LogP contribution in [0.15, 0.2) is 122 Å². The molecule has 0 aromatic carbocycles. The normalized spacial score (nSPS) is 13.0. The van der Waals surface area contributed by atoms with Crippen LogP contribution in [0.1, 0.15) is 271 Å². The molecule has 0 saturated heterocycles. The third kappa shape index (κ3) is 58.7. The molecule has 0 aromatic heterocycles. The number of allylic oxidation sites excluding steroid dienone is 20. The Kier molecular flexibility index (Phi) is 57.9. The molecule has 0 spiro atoms. The molecule has 6 nitrogen and oxygen atoms in total. The molecule has 0 saturated carbocycles. The van der Waals surface area contributed by atoms with Gasteiger partial charge in [0.15, 0.2) is 6.10 Å². The predicted molar refractivity (Wildman–Crippen MR) is 320 cm³/mol. The summed E-state index contributed by atoms with van der Waals surface area (Å²) < 4.78 is 16.9. The largest absolute Gasteiger partial charge is 0.462 e. The summed E-state index contributed by atoms with van der Waals surface area (Å²) in [6.07, 6.45) is 84.7. The lowest BCUT2D eigenvalue weighted by Crippen LogP contribution is -2.30. The van der Waals surface area contributed by atoms with Crippen molar-refractivity contribution in [2.45, 2.75) is 277 Å². The van der Waals surface area contributed by atoms with E-state index in [2.05, 4.69) is 142 Å². The third-order valence-corrected chi connectivity index (χ3v) is 12.7. The summed E-state index contributed by atoms with van der Waals surface area (Å²) in [5.41, 5.74) is 0. The minimum absolute atomic E-state index is 0.0978. The van der Waals surface area contributed by atoms with Crippen LogP contribution < -0.4 is 0 Å². The maximum atomic E-state index is 12.9. The minimum atomic E-state index is -0.802. The van der Waals surface area contributed by atoms with E-state index >= 15 is 0 Å². The zero-order valence-corrected chi connectivity index (χ0v) is 48.1. The Bertz CT molecular complexity index is 1550. The van der Waals surface area contributed by atoms with E-state index in [1.54, 1.807) is 0 Å². The number of hydrogen-bond acceptors (Lipinski definition) is 6. The lowest BCUT2D eigenvalue weighted by atomic mass is 10.1. The molecule has 0 radical (unpaired) electrons. The molecule has 0 amide bonds. The molecule has 6 heteroatoms. The second-order valence-electron chi connectivity index (χ2n) is 19.9. The molecule has 420 valence electrons. The van der Waals surface area contributed by atoms with Crippen molar-refractivity contribution in [1.29, 1.82) is 0 Å². The molecule has 74 heavy (non-hydrogen) atoms. The van der Waals surface area contributed by atoms with Gasteiger partial charge < -0.3 is 14.2 Å². The molecular formula is C68H112O6. The van der Waals surface area contributed by atoms with Gasteiger partial charge in [0.1, 0.15) is 13.2 Å². The molecule has 0 bridgehead atoms. The quantitative estimate of drug-likeness (QED) is 0.0261. The first-order valence-electron chi connectivity index (χ1n) is 30.5. The molecule has 0 aromatic rings. The van der Waals surface area contributed by atoms with E-state index in [4.69, 9.17) is 14.2 Å². The molecule has 0 N–H and O–H groups in total. The van der Waals surface area contributed by atoms with E-state index in [9.17, 15) is 14.4 Å². The standard InChI is InChI=1S/C68H112O6/c1-4-7-10-13-16-19-22-25-28-30-32-33-34-35-37-38-40-43-46-49-52-55-58-61-67(70)73-64-65(63-72-66(69)60-57-54-51-48-45-42-27-24-21-18-15-12-9-6-3)74-68(71)62-59-56-53-50-47-44-41-39-36-31-29-26-23-20-17-14-11-8-5-2/h7,10,15-20,24-29,32-33,35,37,40,43,65H,4-6,8-9,11-14,21-23,30-31,34,36,38-39,41-42,44-64H2,1-3H3/b10-7-,18-15-,19-16-,20-17-,27-24-,28-25-,29-26-,33-32-,37-35-,43-40-. The number of hydrogen-bond donors (Lipinski definition) is 0. The van der Waals surface area contributed by atoms with Gasteiger partial charge >= 0.3 is 17.9 Å². The fourth-order valence-electron chi connectivity index (χ4n) is 8.08. The Labute approximate surface area is 456 Å². The Morgan fingerprint density at radius 2 is 0.541 bits per heavy atom. The van der Waals surface area contributed by atoms with E-state index in [1.165, 1.54) is 89.9 Å². The highest BCUT2D eigenvalue weighted by molar-refractivity contribution is 5.71. The molecule has 0 aliphatic carbocycles. The number of esters is 3. The minimum Gasteiger partial charge on any atom is -0.462 e. The fraction of sp³-hybridized carbons (Fsp3) is 0.662. The van der Waals surface area contributed by atoms with Gasteiger partial charge in [-0.15, -0.1) is 0 Å². The van der Waals surface area contributed by atoms with Crippen molar-refractivity contribution in [3.8, 4) is 0 Å². The Balaban J connectivity index is 4.45. The van der Waals surface area contributed by atoms with Gasteiger partial charge in [0, 0.05) is 19.3 Å². The SMILES string of the molecule is CC/C=C\C/C=C\C/C=C\C/C=C\C/C=C\C/C=C\CCCCCCC(=O)OCC(COC(=O)CCCCCCC/C=C\C/C=C\CCCC)OC(=O)CCCCCCCCCCC/C=C\C/C=C\CCCCC. The highest BCUT2D eigenvalue weighted by Crippen LogP contribution is 2.14. The van der Waals surface area contributed by atoms with Crippen molar-refractivity contribution in [1.82, 2.24) is 0 Å². The summed E-state index contributed by atoms with van der Waals surface area (Å²) in [6, 6.07) is 0. The van der Waals surface area contributed by atoms with Crippen molar-refractivity contribution >= 4 is 17.9 Å². The van der Waals surface area contributed by atoms with E-state index in [-0.39, 0.29) is 31.1 Å². The number of ether oxygens (including phenoxy) is 3. The van der Waals surface area contributed by atoms with Crippen molar-refractivity contribution < 1.29 is 28.6 Å². The van der Waals surface area contributed by atoms with Gasteiger partial charge in [-0.2, -0.15) is 0 Å².